The summed E-state index contributed by atoms with van der Waals surface area (Å²) in [7, 11) is 0. The highest BCUT2D eigenvalue weighted by Gasteiger charge is 2.27. The molecule has 2 atom stereocenters. The van der Waals surface area contributed by atoms with Crippen LogP contribution in [0.15, 0.2) is 23.1 Å². The Bertz CT molecular complexity index is 484. The number of aliphatic hydroxyl groups is 1. The number of benzene rings is 1. The summed E-state index contributed by atoms with van der Waals surface area (Å²) in [5.74, 6) is -1.28. The molecule has 1 fully saturated rings. The molecule has 2 N–H and O–H groups in total. The van der Waals surface area contributed by atoms with E-state index in [1.54, 1.807) is 0 Å². The molecule has 0 aliphatic heterocycles. The average molecular weight is 301 g/mol. The van der Waals surface area contributed by atoms with Crippen LogP contribution in [0.4, 0.5) is 8.78 Å². The third-order valence-electron chi connectivity index (χ3n) is 3.49. The third-order valence-corrected chi connectivity index (χ3v) is 4.54. The van der Waals surface area contributed by atoms with E-state index in [-0.39, 0.29) is 35.1 Å². The molecule has 3 nitrogen and oxygen atoms in total. The SMILES string of the molecule is O=C(CSc1ccc(F)cc1F)NC1CCCC1CO. The molecule has 1 aromatic rings. The molecule has 0 saturated heterocycles. The van der Waals surface area contributed by atoms with Gasteiger partial charge in [-0.15, -0.1) is 11.8 Å². The maximum Gasteiger partial charge on any atom is 0.230 e. The highest BCUT2D eigenvalue weighted by molar-refractivity contribution is 8.00. The van der Waals surface area contributed by atoms with Crippen molar-refractivity contribution in [3.05, 3.63) is 29.8 Å². The van der Waals surface area contributed by atoms with Gasteiger partial charge in [0.1, 0.15) is 11.6 Å². The van der Waals surface area contributed by atoms with Gasteiger partial charge < -0.3 is 10.4 Å². The van der Waals surface area contributed by atoms with Gasteiger partial charge in [-0.25, -0.2) is 8.78 Å². The molecular formula is C14H17F2NO2S. The lowest BCUT2D eigenvalue weighted by Crippen LogP contribution is -2.39. The van der Waals surface area contributed by atoms with Gasteiger partial charge in [0.15, 0.2) is 0 Å². The van der Waals surface area contributed by atoms with E-state index < -0.39 is 11.6 Å². The number of nitrogens with one attached hydrogen (secondary N) is 1. The largest absolute Gasteiger partial charge is 0.396 e. The molecule has 1 amide bonds. The Morgan fingerprint density at radius 3 is 2.90 bits per heavy atom. The van der Waals surface area contributed by atoms with Crippen molar-refractivity contribution in [3.8, 4) is 0 Å². The molecule has 0 aromatic heterocycles. The van der Waals surface area contributed by atoms with Crippen LogP contribution in [0.1, 0.15) is 19.3 Å². The second kappa shape index (κ2) is 7.04. The van der Waals surface area contributed by atoms with Crippen LogP contribution < -0.4 is 5.32 Å². The quantitative estimate of drug-likeness (QED) is 0.821. The van der Waals surface area contributed by atoms with Gasteiger partial charge in [-0.2, -0.15) is 0 Å². The highest BCUT2D eigenvalue weighted by Crippen LogP contribution is 2.26. The topological polar surface area (TPSA) is 49.3 Å². The Hall–Kier alpha value is -1.14. The van der Waals surface area contributed by atoms with Crippen LogP contribution in [0.2, 0.25) is 0 Å². The maximum atomic E-state index is 13.4. The van der Waals surface area contributed by atoms with E-state index >= 15 is 0 Å². The van der Waals surface area contributed by atoms with Crippen molar-refractivity contribution in [3.63, 3.8) is 0 Å². The van der Waals surface area contributed by atoms with Gasteiger partial charge in [-0.05, 0) is 25.0 Å². The Morgan fingerprint density at radius 2 is 2.20 bits per heavy atom. The fourth-order valence-electron chi connectivity index (χ4n) is 2.43. The predicted octanol–water partition coefficient (Wildman–Crippen LogP) is 2.33. The van der Waals surface area contributed by atoms with Crippen molar-refractivity contribution < 1.29 is 18.7 Å². The molecule has 110 valence electrons. The van der Waals surface area contributed by atoms with Crippen molar-refractivity contribution in [2.75, 3.05) is 12.4 Å². The van der Waals surface area contributed by atoms with E-state index in [4.69, 9.17) is 0 Å². The normalized spacial score (nSPS) is 21.9. The molecule has 1 saturated carbocycles. The van der Waals surface area contributed by atoms with Gasteiger partial charge in [0.05, 0.1) is 5.75 Å². The fraction of sp³-hybridized carbons (Fsp3) is 0.500. The Balaban J connectivity index is 1.83. The molecule has 1 aliphatic rings. The van der Waals surface area contributed by atoms with Gasteiger partial charge in [-0.1, -0.05) is 6.42 Å². The van der Waals surface area contributed by atoms with Crippen molar-refractivity contribution in [2.24, 2.45) is 5.92 Å². The number of carbonyl (C=O) groups is 1. The lowest BCUT2D eigenvalue weighted by molar-refractivity contribution is -0.119. The first kappa shape index (κ1) is 15.3. The summed E-state index contributed by atoms with van der Waals surface area (Å²) in [5, 5.41) is 12.0. The van der Waals surface area contributed by atoms with Gasteiger partial charge in [0.25, 0.3) is 0 Å². The van der Waals surface area contributed by atoms with Crippen LogP contribution in [-0.4, -0.2) is 29.4 Å². The first-order valence-corrected chi connectivity index (χ1v) is 7.57. The van der Waals surface area contributed by atoms with Gasteiger partial charge >= 0.3 is 0 Å². The first-order valence-electron chi connectivity index (χ1n) is 6.58. The maximum absolute atomic E-state index is 13.4. The zero-order chi connectivity index (χ0) is 14.5. The number of halogens is 2. The minimum Gasteiger partial charge on any atom is -0.396 e. The van der Waals surface area contributed by atoms with Crippen LogP contribution in [-0.2, 0) is 4.79 Å². The Kier molecular flexibility index (Phi) is 5.37. The molecular weight excluding hydrogens is 284 g/mol. The van der Waals surface area contributed by atoms with Gasteiger partial charge in [0.2, 0.25) is 5.91 Å². The monoisotopic (exact) mass is 301 g/mol. The molecule has 2 rings (SSSR count). The van der Waals surface area contributed by atoms with Crippen LogP contribution in [0.3, 0.4) is 0 Å². The number of hydrogen-bond donors (Lipinski definition) is 2. The van der Waals surface area contributed by atoms with Gasteiger partial charge in [-0.3, -0.25) is 4.79 Å². The number of aliphatic hydroxyl groups excluding tert-OH is 1. The van der Waals surface area contributed by atoms with E-state index in [9.17, 15) is 18.7 Å². The van der Waals surface area contributed by atoms with E-state index in [0.29, 0.717) is 0 Å². The average Bonchev–Trinajstić information content (AvgIpc) is 2.85. The highest BCUT2D eigenvalue weighted by atomic mass is 32.2. The van der Waals surface area contributed by atoms with Crippen LogP contribution in [0.5, 0.6) is 0 Å². The third kappa shape index (κ3) is 3.93. The summed E-state index contributed by atoms with van der Waals surface area (Å²) in [6.07, 6.45) is 2.78. The number of amides is 1. The van der Waals surface area contributed by atoms with Crippen molar-refractivity contribution in [2.45, 2.75) is 30.2 Å². The number of rotatable bonds is 5. The molecule has 1 aliphatic carbocycles. The second-order valence-electron chi connectivity index (χ2n) is 4.91. The van der Waals surface area contributed by atoms with Crippen LogP contribution >= 0.6 is 11.8 Å². The Labute approximate surface area is 120 Å². The zero-order valence-electron chi connectivity index (χ0n) is 10.9. The molecule has 0 spiro atoms. The van der Waals surface area contributed by atoms with E-state index in [1.165, 1.54) is 12.1 Å². The Morgan fingerprint density at radius 1 is 1.40 bits per heavy atom. The lowest BCUT2D eigenvalue weighted by Gasteiger charge is -2.18. The zero-order valence-corrected chi connectivity index (χ0v) is 11.8. The molecule has 1 aromatic carbocycles. The summed E-state index contributed by atoms with van der Waals surface area (Å²) in [6.45, 7) is 0.0741. The molecule has 2 unspecified atom stereocenters. The molecule has 0 bridgehead atoms. The summed E-state index contributed by atoms with van der Waals surface area (Å²) < 4.78 is 26.1. The molecule has 20 heavy (non-hydrogen) atoms. The van der Waals surface area contributed by atoms with Gasteiger partial charge in [0, 0.05) is 29.5 Å². The van der Waals surface area contributed by atoms with E-state index in [1.807, 2.05) is 0 Å². The summed E-state index contributed by atoms with van der Waals surface area (Å²) in [6, 6.07) is 3.31. The van der Waals surface area contributed by atoms with E-state index in [0.717, 1.165) is 37.1 Å². The molecule has 6 heteroatoms. The van der Waals surface area contributed by atoms with E-state index in [2.05, 4.69) is 5.32 Å². The number of carbonyl (C=O) groups excluding carboxylic acids is 1. The summed E-state index contributed by atoms with van der Waals surface area (Å²) in [5.41, 5.74) is 0. The second-order valence-corrected chi connectivity index (χ2v) is 5.93. The summed E-state index contributed by atoms with van der Waals surface area (Å²) >= 11 is 1.04. The molecule has 0 radical (unpaired) electrons. The smallest absolute Gasteiger partial charge is 0.230 e. The summed E-state index contributed by atoms with van der Waals surface area (Å²) in [4.78, 5) is 12.1. The standard InChI is InChI=1S/C14H17F2NO2S/c15-10-4-5-13(11(16)6-10)20-8-14(19)17-12-3-1-2-9(12)7-18/h4-6,9,12,18H,1-3,7-8H2,(H,17,19). The lowest BCUT2D eigenvalue weighted by atomic mass is 10.1. The van der Waals surface area contributed by atoms with Crippen molar-refractivity contribution in [1.29, 1.82) is 0 Å². The minimum atomic E-state index is -0.656. The fourth-order valence-corrected chi connectivity index (χ4v) is 3.16. The van der Waals surface area contributed by atoms with Crippen molar-refractivity contribution >= 4 is 17.7 Å². The van der Waals surface area contributed by atoms with Crippen molar-refractivity contribution in [1.82, 2.24) is 5.32 Å². The van der Waals surface area contributed by atoms with Crippen LogP contribution in [0, 0.1) is 17.6 Å². The minimum absolute atomic E-state index is 0.00571. The molecule has 0 heterocycles. The number of thioether (sulfide) groups is 1. The number of hydrogen-bond acceptors (Lipinski definition) is 3. The predicted molar refractivity (Wildman–Crippen MR) is 73.4 cm³/mol. The first-order chi connectivity index (χ1) is 9.60. The van der Waals surface area contributed by atoms with Crippen LogP contribution in [0.25, 0.3) is 0 Å².